The molecule has 108 valence electrons. The molecule has 0 bridgehead atoms. The Bertz CT molecular complexity index is 290. The summed E-state index contributed by atoms with van der Waals surface area (Å²) in [4.78, 5) is 14.5. The fourth-order valence-corrected chi connectivity index (χ4v) is 3.04. The predicted molar refractivity (Wildman–Crippen MR) is 70.9 cm³/mol. The maximum absolute atomic E-state index is 12.5. The zero-order valence-electron chi connectivity index (χ0n) is 11.5. The lowest BCUT2D eigenvalue weighted by molar-refractivity contribution is -0.140. The number of amides is 1. The fraction of sp³-hybridized carbons (Fsp3) is 0.929. The van der Waals surface area contributed by atoms with Gasteiger partial charge in [0.1, 0.15) is 0 Å². The van der Waals surface area contributed by atoms with Gasteiger partial charge in [0.2, 0.25) is 5.91 Å². The Balaban J connectivity index is 1.57. The molecule has 0 aliphatic carbocycles. The van der Waals surface area contributed by atoms with Gasteiger partial charge in [0, 0.05) is 39.4 Å². The van der Waals surface area contributed by atoms with Crippen LogP contribution in [-0.4, -0.2) is 62.4 Å². The third-order valence-electron chi connectivity index (χ3n) is 4.34. The number of rotatable bonds is 5. The zero-order chi connectivity index (χ0) is 13.1. The van der Waals surface area contributed by atoms with E-state index in [1.165, 1.54) is 0 Å². The van der Waals surface area contributed by atoms with Crippen LogP contribution in [0.2, 0.25) is 0 Å². The van der Waals surface area contributed by atoms with E-state index in [9.17, 15) is 4.79 Å². The van der Waals surface area contributed by atoms with Crippen molar-refractivity contribution in [1.29, 1.82) is 0 Å². The fourth-order valence-electron chi connectivity index (χ4n) is 3.04. The molecule has 5 nitrogen and oxygen atoms in total. The molecule has 0 spiro atoms. The lowest BCUT2D eigenvalue weighted by Crippen LogP contribution is -2.54. The third-order valence-corrected chi connectivity index (χ3v) is 4.34. The monoisotopic (exact) mass is 268 g/mol. The van der Waals surface area contributed by atoms with Crippen LogP contribution in [0, 0.1) is 5.92 Å². The molecule has 3 heterocycles. The Morgan fingerprint density at radius 2 is 1.63 bits per heavy atom. The van der Waals surface area contributed by atoms with E-state index in [0.29, 0.717) is 0 Å². The predicted octanol–water partition coefficient (Wildman–Crippen LogP) is 0.392. The Labute approximate surface area is 114 Å². The van der Waals surface area contributed by atoms with Gasteiger partial charge in [-0.3, -0.25) is 4.79 Å². The molecule has 2 unspecified atom stereocenters. The summed E-state index contributed by atoms with van der Waals surface area (Å²) in [5, 5.41) is 3.17. The number of nitrogens with zero attached hydrogens (tertiary/aromatic N) is 1. The summed E-state index contributed by atoms with van der Waals surface area (Å²) < 4.78 is 11.4. The van der Waals surface area contributed by atoms with Gasteiger partial charge in [-0.25, -0.2) is 0 Å². The molecule has 0 aromatic heterocycles. The van der Waals surface area contributed by atoms with Crippen molar-refractivity contribution in [2.75, 3.05) is 39.4 Å². The standard InChI is InChI=1S/C14H24N2O3/c17-14(11-7-15-8-11)16(9-12-3-1-5-18-12)10-13-4-2-6-19-13/h11-13,15H,1-10H2. The number of ether oxygens (including phenoxy) is 2. The molecule has 0 saturated carbocycles. The molecule has 1 amide bonds. The van der Waals surface area contributed by atoms with Crippen molar-refractivity contribution < 1.29 is 14.3 Å². The first-order valence-corrected chi connectivity index (χ1v) is 7.55. The highest BCUT2D eigenvalue weighted by molar-refractivity contribution is 5.80. The highest BCUT2D eigenvalue weighted by Gasteiger charge is 2.33. The zero-order valence-corrected chi connectivity index (χ0v) is 11.5. The molecule has 3 saturated heterocycles. The Hall–Kier alpha value is -0.650. The molecule has 3 aliphatic heterocycles. The first kappa shape index (κ1) is 13.3. The first-order chi connectivity index (χ1) is 9.33. The normalized spacial score (nSPS) is 31.4. The number of nitrogens with one attached hydrogen (secondary N) is 1. The van der Waals surface area contributed by atoms with E-state index in [2.05, 4.69) is 5.32 Å². The van der Waals surface area contributed by atoms with Gasteiger partial charge < -0.3 is 19.7 Å². The Kier molecular flexibility index (Phi) is 4.35. The van der Waals surface area contributed by atoms with Crippen molar-refractivity contribution in [2.45, 2.75) is 37.9 Å². The average molecular weight is 268 g/mol. The molecular weight excluding hydrogens is 244 g/mol. The molecule has 1 N–H and O–H groups in total. The summed E-state index contributed by atoms with van der Waals surface area (Å²) in [5.41, 5.74) is 0. The van der Waals surface area contributed by atoms with Crippen molar-refractivity contribution in [1.82, 2.24) is 10.2 Å². The summed E-state index contributed by atoms with van der Waals surface area (Å²) in [6.07, 6.45) is 4.88. The Morgan fingerprint density at radius 3 is 2.00 bits per heavy atom. The lowest BCUT2D eigenvalue weighted by atomic mass is 10.0. The minimum Gasteiger partial charge on any atom is -0.376 e. The van der Waals surface area contributed by atoms with Crippen LogP contribution in [0.4, 0.5) is 0 Å². The topological polar surface area (TPSA) is 50.8 Å². The molecule has 2 atom stereocenters. The smallest absolute Gasteiger partial charge is 0.228 e. The first-order valence-electron chi connectivity index (χ1n) is 7.55. The van der Waals surface area contributed by atoms with Gasteiger partial charge >= 0.3 is 0 Å². The van der Waals surface area contributed by atoms with E-state index in [0.717, 1.165) is 65.1 Å². The van der Waals surface area contributed by atoms with Crippen molar-refractivity contribution in [3.05, 3.63) is 0 Å². The number of carbonyl (C=O) groups is 1. The van der Waals surface area contributed by atoms with Crippen LogP contribution in [-0.2, 0) is 14.3 Å². The molecule has 3 rings (SSSR count). The molecule has 3 aliphatic rings. The molecular formula is C14H24N2O3. The molecule has 0 radical (unpaired) electrons. The third kappa shape index (κ3) is 3.27. The van der Waals surface area contributed by atoms with E-state index in [1.807, 2.05) is 4.90 Å². The van der Waals surface area contributed by atoms with Crippen LogP contribution in [0.3, 0.4) is 0 Å². The molecule has 5 heteroatoms. The van der Waals surface area contributed by atoms with Gasteiger partial charge in [0.15, 0.2) is 0 Å². The van der Waals surface area contributed by atoms with Crippen LogP contribution in [0.1, 0.15) is 25.7 Å². The summed E-state index contributed by atoms with van der Waals surface area (Å²) in [7, 11) is 0. The SMILES string of the molecule is O=C(C1CNC1)N(CC1CCCO1)CC1CCCO1. The maximum Gasteiger partial charge on any atom is 0.228 e. The van der Waals surface area contributed by atoms with Crippen molar-refractivity contribution in [3.8, 4) is 0 Å². The largest absolute Gasteiger partial charge is 0.376 e. The molecule has 0 aromatic carbocycles. The summed E-state index contributed by atoms with van der Waals surface area (Å²) in [6, 6.07) is 0. The van der Waals surface area contributed by atoms with E-state index in [-0.39, 0.29) is 24.0 Å². The van der Waals surface area contributed by atoms with Gasteiger partial charge in [-0.2, -0.15) is 0 Å². The molecule has 3 fully saturated rings. The minimum absolute atomic E-state index is 0.169. The van der Waals surface area contributed by atoms with Crippen LogP contribution >= 0.6 is 0 Å². The lowest BCUT2D eigenvalue weighted by Gasteiger charge is -2.34. The van der Waals surface area contributed by atoms with Gasteiger partial charge in [-0.15, -0.1) is 0 Å². The van der Waals surface area contributed by atoms with Crippen molar-refractivity contribution >= 4 is 5.91 Å². The second-order valence-corrected chi connectivity index (χ2v) is 5.87. The van der Waals surface area contributed by atoms with Gasteiger partial charge in [-0.1, -0.05) is 0 Å². The van der Waals surface area contributed by atoms with E-state index < -0.39 is 0 Å². The summed E-state index contributed by atoms with van der Waals surface area (Å²) >= 11 is 0. The van der Waals surface area contributed by atoms with Gasteiger partial charge in [-0.05, 0) is 25.7 Å². The van der Waals surface area contributed by atoms with E-state index >= 15 is 0 Å². The second-order valence-electron chi connectivity index (χ2n) is 5.87. The average Bonchev–Trinajstić information content (AvgIpc) is 2.98. The number of hydrogen-bond donors (Lipinski definition) is 1. The van der Waals surface area contributed by atoms with Gasteiger partial charge in [0.25, 0.3) is 0 Å². The summed E-state index contributed by atoms with van der Waals surface area (Å²) in [6.45, 7) is 4.83. The van der Waals surface area contributed by atoms with Crippen LogP contribution in [0.5, 0.6) is 0 Å². The number of carbonyl (C=O) groups excluding carboxylic acids is 1. The Morgan fingerprint density at radius 1 is 1.05 bits per heavy atom. The molecule has 19 heavy (non-hydrogen) atoms. The number of hydrogen-bond acceptors (Lipinski definition) is 4. The van der Waals surface area contributed by atoms with Crippen LogP contribution in [0.15, 0.2) is 0 Å². The van der Waals surface area contributed by atoms with Crippen molar-refractivity contribution in [3.63, 3.8) is 0 Å². The molecule has 0 aromatic rings. The van der Waals surface area contributed by atoms with E-state index in [4.69, 9.17) is 9.47 Å². The van der Waals surface area contributed by atoms with Crippen LogP contribution < -0.4 is 5.32 Å². The highest BCUT2D eigenvalue weighted by atomic mass is 16.5. The maximum atomic E-state index is 12.5. The van der Waals surface area contributed by atoms with Gasteiger partial charge in [0.05, 0.1) is 18.1 Å². The highest BCUT2D eigenvalue weighted by Crippen LogP contribution is 2.19. The summed E-state index contributed by atoms with van der Waals surface area (Å²) in [5.74, 6) is 0.451. The van der Waals surface area contributed by atoms with E-state index in [1.54, 1.807) is 0 Å². The quantitative estimate of drug-likeness (QED) is 0.784. The minimum atomic E-state index is 0.169. The van der Waals surface area contributed by atoms with Crippen LogP contribution in [0.25, 0.3) is 0 Å². The van der Waals surface area contributed by atoms with Crippen molar-refractivity contribution in [2.24, 2.45) is 5.92 Å². The second kappa shape index (κ2) is 6.20.